The van der Waals surface area contributed by atoms with Crippen molar-refractivity contribution in [3.63, 3.8) is 0 Å². The van der Waals surface area contributed by atoms with E-state index in [0.29, 0.717) is 12.8 Å². The van der Waals surface area contributed by atoms with E-state index in [1.807, 2.05) is 6.07 Å². The molecule has 0 aliphatic carbocycles. The van der Waals surface area contributed by atoms with Crippen LogP contribution in [0.1, 0.15) is 12.8 Å². The first kappa shape index (κ1) is 9.69. The molecule has 0 radical (unpaired) electrons. The fourth-order valence-corrected chi connectivity index (χ4v) is 1.26. The summed E-state index contributed by atoms with van der Waals surface area (Å²) >= 11 is 0. The number of allylic oxidation sites excluding steroid dienone is 1. The van der Waals surface area contributed by atoms with Crippen LogP contribution in [0.25, 0.3) is 0 Å². The third-order valence-electron chi connectivity index (χ3n) is 1.86. The maximum atomic E-state index is 11.2. The summed E-state index contributed by atoms with van der Waals surface area (Å²) in [6.07, 6.45) is 4.86. The van der Waals surface area contributed by atoms with Crippen molar-refractivity contribution >= 4 is 5.78 Å². The molecule has 68 valence electrons. The van der Waals surface area contributed by atoms with Crippen LogP contribution in [0.5, 0.6) is 0 Å². The molecular formula is C10H11NO2. The van der Waals surface area contributed by atoms with Crippen LogP contribution in [0.15, 0.2) is 24.8 Å². The zero-order chi connectivity index (χ0) is 9.68. The summed E-state index contributed by atoms with van der Waals surface area (Å²) in [6, 6.07) is 1.86. The van der Waals surface area contributed by atoms with Crippen molar-refractivity contribution in [2.24, 2.45) is 0 Å². The molecule has 0 aromatic rings. The Kier molecular flexibility index (Phi) is 3.41. The van der Waals surface area contributed by atoms with Crippen molar-refractivity contribution < 1.29 is 9.53 Å². The number of hydrogen-bond donors (Lipinski definition) is 0. The number of nitrogens with zero attached hydrogens (tertiary/aromatic N) is 1. The van der Waals surface area contributed by atoms with Gasteiger partial charge in [-0.15, -0.1) is 6.58 Å². The first-order valence-corrected chi connectivity index (χ1v) is 4.12. The Morgan fingerprint density at radius 1 is 1.54 bits per heavy atom. The summed E-state index contributed by atoms with van der Waals surface area (Å²) in [6.45, 7) is 3.57. The van der Waals surface area contributed by atoms with Crippen molar-refractivity contribution in [1.82, 2.24) is 0 Å². The van der Waals surface area contributed by atoms with Gasteiger partial charge in [-0.05, 0) is 6.08 Å². The summed E-state index contributed by atoms with van der Waals surface area (Å²) in [5.41, 5.74) is 0. The summed E-state index contributed by atoms with van der Waals surface area (Å²) in [5.74, 6) is 0.156. The Bertz CT molecular complexity index is 275. The molecule has 0 bridgehead atoms. The Hall–Kier alpha value is -1.40. The van der Waals surface area contributed by atoms with Crippen molar-refractivity contribution in [3.05, 3.63) is 24.8 Å². The standard InChI is InChI=1S/C10H11NO2/c1-2-9-6-8(12)7-10(13-9)4-3-5-11/h2-4,9-10H,1,6-7H2/b4-3+. The molecule has 3 heteroatoms. The fraction of sp³-hybridized carbons (Fsp3) is 0.400. The van der Waals surface area contributed by atoms with Gasteiger partial charge in [-0.3, -0.25) is 4.79 Å². The molecule has 0 aromatic heterocycles. The molecule has 2 unspecified atom stereocenters. The first-order chi connectivity index (χ1) is 6.26. The number of ether oxygens (including phenoxy) is 1. The summed E-state index contributed by atoms with van der Waals surface area (Å²) in [4.78, 5) is 11.2. The third-order valence-corrected chi connectivity index (χ3v) is 1.86. The highest BCUT2D eigenvalue weighted by molar-refractivity contribution is 5.80. The predicted molar refractivity (Wildman–Crippen MR) is 47.9 cm³/mol. The molecule has 0 N–H and O–H groups in total. The van der Waals surface area contributed by atoms with Crippen LogP contribution in [0, 0.1) is 11.3 Å². The van der Waals surface area contributed by atoms with E-state index in [2.05, 4.69) is 6.58 Å². The molecule has 1 saturated heterocycles. The molecule has 0 amide bonds. The van der Waals surface area contributed by atoms with Gasteiger partial charge in [0.2, 0.25) is 0 Å². The summed E-state index contributed by atoms with van der Waals surface area (Å²) in [7, 11) is 0. The second-order valence-corrected chi connectivity index (χ2v) is 2.88. The molecular weight excluding hydrogens is 166 g/mol. The van der Waals surface area contributed by atoms with Crippen LogP contribution < -0.4 is 0 Å². The lowest BCUT2D eigenvalue weighted by Crippen LogP contribution is -2.30. The quantitative estimate of drug-likeness (QED) is 0.472. The highest BCUT2D eigenvalue weighted by Gasteiger charge is 2.23. The number of carbonyl (C=O) groups excluding carboxylic acids is 1. The average molecular weight is 177 g/mol. The van der Waals surface area contributed by atoms with Crippen molar-refractivity contribution in [3.8, 4) is 6.07 Å². The van der Waals surface area contributed by atoms with E-state index in [9.17, 15) is 4.79 Å². The smallest absolute Gasteiger partial charge is 0.138 e. The van der Waals surface area contributed by atoms with Crippen molar-refractivity contribution in [2.75, 3.05) is 0 Å². The number of nitriles is 1. The zero-order valence-electron chi connectivity index (χ0n) is 7.27. The van der Waals surface area contributed by atoms with E-state index >= 15 is 0 Å². The van der Waals surface area contributed by atoms with Gasteiger partial charge in [0, 0.05) is 18.9 Å². The van der Waals surface area contributed by atoms with Gasteiger partial charge in [0.25, 0.3) is 0 Å². The lowest BCUT2D eigenvalue weighted by atomic mass is 10.0. The van der Waals surface area contributed by atoms with Gasteiger partial charge in [0.1, 0.15) is 5.78 Å². The largest absolute Gasteiger partial charge is 0.366 e. The second kappa shape index (κ2) is 4.58. The van der Waals surface area contributed by atoms with E-state index in [0.717, 1.165) is 0 Å². The average Bonchev–Trinajstić information content (AvgIpc) is 2.14. The number of Topliss-reactive ketones (excluding diaryl/α,β-unsaturated/α-hetero) is 1. The van der Waals surface area contributed by atoms with Crippen LogP contribution in [0.3, 0.4) is 0 Å². The molecule has 1 fully saturated rings. The van der Waals surface area contributed by atoms with Gasteiger partial charge in [0.15, 0.2) is 0 Å². The topological polar surface area (TPSA) is 50.1 Å². The molecule has 0 saturated carbocycles. The highest BCUT2D eigenvalue weighted by atomic mass is 16.5. The van der Waals surface area contributed by atoms with Crippen LogP contribution >= 0.6 is 0 Å². The van der Waals surface area contributed by atoms with E-state index in [4.69, 9.17) is 10.00 Å². The van der Waals surface area contributed by atoms with E-state index in [-0.39, 0.29) is 18.0 Å². The van der Waals surface area contributed by atoms with E-state index in [1.165, 1.54) is 6.08 Å². The van der Waals surface area contributed by atoms with Crippen LogP contribution in [-0.2, 0) is 9.53 Å². The van der Waals surface area contributed by atoms with Gasteiger partial charge in [0.05, 0.1) is 18.3 Å². The number of ketones is 1. The molecule has 13 heavy (non-hydrogen) atoms. The molecule has 0 spiro atoms. The van der Waals surface area contributed by atoms with Crippen molar-refractivity contribution in [2.45, 2.75) is 25.0 Å². The van der Waals surface area contributed by atoms with Gasteiger partial charge >= 0.3 is 0 Å². The fourth-order valence-electron chi connectivity index (χ4n) is 1.26. The molecule has 1 heterocycles. The minimum atomic E-state index is -0.260. The highest BCUT2D eigenvalue weighted by Crippen LogP contribution is 2.17. The van der Waals surface area contributed by atoms with E-state index < -0.39 is 0 Å². The minimum Gasteiger partial charge on any atom is -0.366 e. The van der Waals surface area contributed by atoms with Crippen LogP contribution in [0.2, 0.25) is 0 Å². The lowest BCUT2D eigenvalue weighted by molar-refractivity contribution is -0.129. The van der Waals surface area contributed by atoms with Crippen LogP contribution in [-0.4, -0.2) is 18.0 Å². The van der Waals surface area contributed by atoms with Crippen LogP contribution in [0.4, 0.5) is 0 Å². The minimum absolute atomic E-state index is 0.156. The molecule has 0 aromatic carbocycles. The van der Waals surface area contributed by atoms with Crippen molar-refractivity contribution in [1.29, 1.82) is 5.26 Å². The first-order valence-electron chi connectivity index (χ1n) is 4.12. The van der Waals surface area contributed by atoms with Gasteiger partial charge in [-0.25, -0.2) is 0 Å². The Morgan fingerprint density at radius 3 is 2.85 bits per heavy atom. The lowest BCUT2D eigenvalue weighted by Gasteiger charge is -2.24. The van der Waals surface area contributed by atoms with E-state index in [1.54, 1.807) is 12.2 Å². The summed E-state index contributed by atoms with van der Waals surface area (Å²) < 4.78 is 5.43. The third kappa shape index (κ3) is 2.85. The number of hydrogen-bond acceptors (Lipinski definition) is 3. The monoisotopic (exact) mass is 177 g/mol. The molecule has 1 aliphatic rings. The maximum absolute atomic E-state index is 11.2. The molecule has 1 aliphatic heterocycles. The maximum Gasteiger partial charge on any atom is 0.138 e. The summed E-state index contributed by atoms with van der Waals surface area (Å²) in [5, 5.41) is 8.29. The molecule has 3 nitrogen and oxygen atoms in total. The Balaban J connectivity index is 2.57. The zero-order valence-corrected chi connectivity index (χ0v) is 7.27. The van der Waals surface area contributed by atoms with Gasteiger partial charge in [-0.2, -0.15) is 5.26 Å². The SMILES string of the molecule is C=CC1CC(=O)CC(/C=C/C#N)O1. The molecule has 1 rings (SSSR count). The number of carbonyl (C=O) groups is 1. The predicted octanol–water partition coefficient (Wildman–Crippen LogP) is 1.37. The Morgan fingerprint density at radius 2 is 2.23 bits per heavy atom. The number of rotatable bonds is 2. The second-order valence-electron chi connectivity index (χ2n) is 2.88. The normalized spacial score (nSPS) is 28.7. The van der Waals surface area contributed by atoms with Gasteiger partial charge in [-0.1, -0.05) is 6.08 Å². The molecule has 2 atom stereocenters. The van der Waals surface area contributed by atoms with Gasteiger partial charge < -0.3 is 4.74 Å². The Labute approximate surface area is 77.3 Å².